The molecule has 1 rings (SSSR count). The van der Waals surface area contributed by atoms with Crippen LogP contribution in [0.5, 0.6) is 0 Å². The first-order valence-electron chi connectivity index (χ1n) is 3.63. The van der Waals surface area contributed by atoms with Gasteiger partial charge in [0.1, 0.15) is 0 Å². The van der Waals surface area contributed by atoms with Crippen molar-refractivity contribution in [1.82, 2.24) is 0 Å². The maximum atomic E-state index is 5.94. The highest BCUT2D eigenvalue weighted by molar-refractivity contribution is 4.86. The van der Waals surface area contributed by atoms with Crippen molar-refractivity contribution in [2.45, 2.75) is 31.7 Å². The molecule has 0 bridgehead atoms. The van der Waals surface area contributed by atoms with Crippen molar-refractivity contribution in [3.05, 3.63) is 0 Å². The molecule has 0 amide bonds. The molecule has 2 heteroatoms. The fourth-order valence-corrected chi connectivity index (χ4v) is 1.32. The van der Waals surface area contributed by atoms with Crippen LogP contribution in [0.1, 0.15) is 26.2 Å². The summed E-state index contributed by atoms with van der Waals surface area (Å²) in [5.74, 6) is 0. The van der Waals surface area contributed by atoms with E-state index in [-0.39, 0.29) is 5.54 Å². The smallest absolute Gasteiger partial charge is 0.0647 e. The molecule has 1 aliphatic heterocycles. The third kappa shape index (κ3) is 1.66. The van der Waals surface area contributed by atoms with Gasteiger partial charge in [-0.15, -0.1) is 0 Å². The number of hydrogen-bond donors (Lipinski definition) is 1. The molecule has 1 aliphatic rings. The zero-order valence-corrected chi connectivity index (χ0v) is 6.02. The van der Waals surface area contributed by atoms with Gasteiger partial charge in [-0.2, -0.15) is 0 Å². The van der Waals surface area contributed by atoms with E-state index in [2.05, 4.69) is 6.92 Å². The largest absolute Gasteiger partial charge is 0.379 e. The van der Waals surface area contributed by atoms with Gasteiger partial charge in [0.15, 0.2) is 0 Å². The molecule has 2 nitrogen and oxygen atoms in total. The normalized spacial score (nSPS) is 35.3. The van der Waals surface area contributed by atoms with Crippen LogP contribution in [0, 0.1) is 0 Å². The van der Waals surface area contributed by atoms with Crippen molar-refractivity contribution in [2.75, 3.05) is 13.2 Å². The lowest BCUT2D eigenvalue weighted by atomic mass is 9.95. The quantitative estimate of drug-likeness (QED) is 0.601. The number of hydrogen-bond acceptors (Lipinski definition) is 2. The zero-order valence-electron chi connectivity index (χ0n) is 6.02. The highest BCUT2D eigenvalue weighted by Gasteiger charge is 2.28. The van der Waals surface area contributed by atoms with Crippen LogP contribution in [-0.4, -0.2) is 18.8 Å². The Labute approximate surface area is 56.4 Å². The van der Waals surface area contributed by atoms with E-state index in [0.717, 1.165) is 26.1 Å². The van der Waals surface area contributed by atoms with Gasteiger partial charge < -0.3 is 10.5 Å². The van der Waals surface area contributed by atoms with Crippen LogP contribution >= 0.6 is 0 Å². The molecule has 1 fully saturated rings. The molecular weight excluding hydrogens is 114 g/mol. The minimum Gasteiger partial charge on any atom is -0.379 e. The van der Waals surface area contributed by atoms with Gasteiger partial charge in [0.25, 0.3) is 0 Å². The first-order chi connectivity index (χ1) is 4.27. The Hall–Kier alpha value is -0.0800. The molecule has 0 aromatic rings. The molecule has 0 unspecified atom stereocenters. The predicted octanol–water partition coefficient (Wildman–Crippen LogP) is 0.904. The molecule has 2 N–H and O–H groups in total. The van der Waals surface area contributed by atoms with Crippen LogP contribution in [0.3, 0.4) is 0 Å². The minimum absolute atomic E-state index is 0.0226. The second-order valence-corrected chi connectivity index (χ2v) is 2.91. The van der Waals surface area contributed by atoms with Crippen molar-refractivity contribution in [2.24, 2.45) is 5.73 Å². The number of ether oxygens (including phenoxy) is 1. The maximum absolute atomic E-state index is 5.94. The van der Waals surface area contributed by atoms with Crippen LogP contribution in [-0.2, 0) is 4.74 Å². The number of nitrogens with two attached hydrogens (primary N) is 1. The van der Waals surface area contributed by atoms with Crippen molar-refractivity contribution < 1.29 is 4.74 Å². The van der Waals surface area contributed by atoms with E-state index in [4.69, 9.17) is 10.5 Å². The van der Waals surface area contributed by atoms with Crippen LogP contribution < -0.4 is 5.73 Å². The highest BCUT2D eigenvalue weighted by atomic mass is 16.5. The first-order valence-corrected chi connectivity index (χ1v) is 3.63. The molecule has 0 aromatic heterocycles. The Morgan fingerprint density at radius 3 is 2.89 bits per heavy atom. The average molecular weight is 129 g/mol. The predicted molar refractivity (Wildman–Crippen MR) is 37.3 cm³/mol. The molecular formula is C7H15NO. The Morgan fingerprint density at radius 1 is 1.67 bits per heavy atom. The molecule has 0 aromatic carbocycles. The number of rotatable bonds is 2. The lowest BCUT2D eigenvalue weighted by molar-refractivity contribution is 0.175. The van der Waals surface area contributed by atoms with E-state index < -0.39 is 0 Å². The summed E-state index contributed by atoms with van der Waals surface area (Å²) >= 11 is 0. The Bertz CT molecular complexity index is 86.9. The zero-order chi connectivity index (χ0) is 6.74. The lowest BCUT2D eigenvalue weighted by Crippen LogP contribution is -2.39. The lowest BCUT2D eigenvalue weighted by Gasteiger charge is -2.19. The molecule has 0 radical (unpaired) electrons. The van der Waals surface area contributed by atoms with Gasteiger partial charge in [0, 0.05) is 12.1 Å². The van der Waals surface area contributed by atoms with Gasteiger partial charge in [-0.05, 0) is 12.8 Å². The summed E-state index contributed by atoms with van der Waals surface area (Å²) in [5.41, 5.74) is 5.97. The third-order valence-electron chi connectivity index (χ3n) is 1.88. The van der Waals surface area contributed by atoms with Crippen molar-refractivity contribution in [1.29, 1.82) is 0 Å². The molecule has 1 atom stereocenters. The van der Waals surface area contributed by atoms with E-state index in [0.29, 0.717) is 0 Å². The van der Waals surface area contributed by atoms with Gasteiger partial charge in [-0.1, -0.05) is 13.3 Å². The fraction of sp³-hybridized carbons (Fsp3) is 1.00. The van der Waals surface area contributed by atoms with E-state index in [1.165, 1.54) is 6.42 Å². The summed E-state index contributed by atoms with van der Waals surface area (Å²) in [7, 11) is 0. The summed E-state index contributed by atoms with van der Waals surface area (Å²) < 4.78 is 5.19. The van der Waals surface area contributed by atoms with Crippen molar-refractivity contribution >= 4 is 0 Å². The summed E-state index contributed by atoms with van der Waals surface area (Å²) in [6.45, 7) is 3.78. The summed E-state index contributed by atoms with van der Waals surface area (Å²) in [4.78, 5) is 0. The van der Waals surface area contributed by atoms with Crippen molar-refractivity contribution in [3.63, 3.8) is 0 Å². The van der Waals surface area contributed by atoms with Crippen LogP contribution in [0.4, 0.5) is 0 Å². The average Bonchev–Trinajstić information content (AvgIpc) is 2.16. The molecule has 9 heavy (non-hydrogen) atoms. The van der Waals surface area contributed by atoms with Crippen molar-refractivity contribution in [3.8, 4) is 0 Å². The van der Waals surface area contributed by atoms with Gasteiger partial charge in [-0.25, -0.2) is 0 Å². The first kappa shape index (κ1) is 7.03. The van der Waals surface area contributed by atoms with E-state index in [9.17, 15) is 0 Å². The Kier molecular flexibility index (Phi) is 2.09. The Balaban J connectivity index is 2.32. The van der Waals surface area contributed by atoms with Gasteiger partial charge in [0.2, 0.25) is 0 Å². The standard InChI is InChI=1S/C7H15NO/c1-2-3-7(8)4-5-9-6-7/h2-6,8H2,1H3/t7-/m1/s1. The molecule has 0 spiro atoms. The maximum Gasteiger partial charge on any atom is 0.0647 e. The van der Waals surface area contributed by atoms with Crippen LogP contribution in [0.25, 0.3) is 0 Å². The van der Waals surface area contributed by atoms with Crippen LogP contribution in [0.15, 0.2) is 0 Å². The molecule has 0 saturated carbocycles. The molecule has 54 valence electrons. The van der Waals surface area contributed by atoms with E-state index >= 15 is 0 Å². The third-order valence-corrected chi connectivity index (χ3v) is 1.88. The summed E-state index contributed by atoms with van der Waals surface area (Å²) in [6, 6.07) is 0. The topological polar surface area (TPSA) is 35.2 Å². The van der Waals surface area contributed by atoms with Gasteiger partial charge in [-0.3, -0.25) is 0 Å². The monoisotopic (exact) mass is 129 g/mol. The van der Waals surface area contributed by atoms with Gasteiger partial charge in [0.05, 0.1) is 6.61 Å². The van der Waals surface area contributed by atoms with E-state index in [1.807, 2.05) is 0 Å². The van der Waals surface area contributed by atoms with Crippen LogP contribution in [0.2, 0.25) is 0 Å². The Morgan fingerprint density at radius 2 is 2.44 bits per heavy atom. The molecule has 1 saturated heterocycles. The van der Waals surface area contributed by atoms with E-state index in [1.54, 1.807) is 0 Å². The minimum atomic E-state index is 0.0226. The second kappa shape index (κ2) is 2.67. The second-order valence-electron chi connectivity index (χ2n) is 2.91. The summed E-state index contributed by atoms with van der Waals surface area (Å²) in [6.07, 6.45) is 3.31. The molecule has 0 aliphatic carbocycles. The summed E-state index contributed by atoms with van der Waals surface area (Å²) in [5, 5.41) is 0. The SMILES string of the molecule is CCC[C@@]1(N)CCOC1. The highest BCUT2D eigenvalue weighted by Crippen LogP contribution is 2.20. The fourth-order valence-electron chi connectivity index (χ4n) is 1.32. The molecule has 1 heterocycles. The van der Waals surface area contributed by atoms with Gasteiger partial charge >= 0.3 is 0 Å².